The minimum Gasteiger partial charge on any atom is -0.497 e. The van der Waals surface area contributed by atoms with Gasteiger partial charge in [0.2, 0.25) is 0 Å². The molecule has 2 aromatic rings. The van der Waals surface area contributed by atoms with Gasteiger partial charge in [0.1, 0.15) is 5.75 Å². The van der Waals surface area contributed by atoms with E-state index in [1.165, 1.54) is 24.9 Å². The normalized spacial score (nSPS) is 13.3. The quantitative estimate of drug-likeness (QED) is 0.842. The molecule has 6 heteroatoms. The second-order valence-corrected chi connectivity index (χ2v) is 6.31. The average Bonchev–Trinajstić information content (AvgIpc) is 2.41. The number of halogens is 1. The van der Waals surface area contributed by atoms with Crippen LogP contribution in [0.2, 0.25) is 0 Å². The summed E-state index contributed by atoms with van der Waals surface area (Å²) < 4.78 is 36.2. The van der Waals surface area contributed by atoms with E-state index < -0.39 is 13.3 Å². The molecule has 1 atom stereocenters. The molecular formula is C14H15FNO3P. The third kappa shape index (κ3) is 3.75. The van der Waals surface area contributed by atoms with Gasteiger partial charge in [0.25, 0.3) is 0 Å². The fourth-order valence-electron chi connectivity index (χ4n) is 1.66. The smallest absolute Gasteiger partial charge is 0.338 e. The number of hydrogen-bond donors (Lipinski definition) is 1. The molecule has 20 heavy (non-hydrogen) atoms. The molecule has 2 rings (SSSR count). The third-order valence-corrected chi connectivity index (χ3v) is 3.72. The van der Waals surface area contributed by atoms with Crippen molar-refractivity contribution in [3.63, 3.8) is 0 Å². The first-order valence-electron chi connectivity index (χ1n) is 5.94. The van der Waals surface area contributed by atoms with Gasteiger partial charge in [-0.2, -0.15) is 0 Å². The first-order chi connectivity index (χ1) is 9.50. The van der Waals surface area contributed by atoms with Crippen molar-refractivity contribution >= 4 is 13.2 Å². The number of benzene rings is 2. The maximum atomic E-state index is 13.5. The molecule has 0 aliphatic carbocycles. The lowest BCUT2D eigenvalue weighted by Gasteiger charge is -2.18. The Morgan fingerprint density at radius 2 is 1.90 bits per heavy atom. The van der Waals surface area contributed by atoms with Gasteiger partial charge in [0.15, 0.2) is 11.6 Å². The Labute approximate surface area is 117 Å². The van der Waals surface area contributed by atoms with Gasteiger partial charge >= 0.3 is 7.52 Å². The lowest BCUT2D eigenvalue weighted by molar-refractivity contribution is 0.415. The lowest BCUT2D eigenvalue weighted by Crippen LogP contribution is -2.03. The predicted molar refractivity (Wildman–Crippen MR) is 77.2 cm³/mol. The van der Waals surface area contributed by atoms with Crippen LogP contribution in [0, 0.1) is 5.82 Å². The van der Waals surface area contributed by atoms with Crippen LogP contribution in [0.4, 0.5) is 10.1 Å². The summed E-state index contributed by atoms with van der Waals surface area (Å²) in [5.74, 6) is 0.0247. The highest BCUT2D eigenvalue weighted by atomic mass is 31.2. The summed E-state index contributed by atoms with van der Waals surface area (Å²) >= 11 is 0. The van der Waals surface area contributed by atoms with E-state index in [9.17, 15) is 8.96 Å². The SMILES string of the molecule is COc1cccc(NP(C)(=O)Oc2ccccc2F)c1. The molecule has 4 nitrogen and oxygen atoms in total. The van der Waals surface area contributed by atoms with Crippen molar-refractivity contribution < 1.29 is 18.2 Å². The highest BCUT2D eigenvalue weighted by Gasteiger charge is 2.19. The fourth-order valence-corrected chi connectivity index (χ4v) is 2.83. The summed E-state index contributed by atoms with van der Waals surface area (Å²) in [5.41, 5.74) is 0.575. The molecule has 0 radical (unpaired) electrons. The zero-order valence-electron chi connectivity index (χ0n) is 11.2. The monoisotopic (exact) mass is 295 g/mol. The first-order valence-corrected chi connectivity index (χ1v) is 8.01. The molecule has 0 heterocycles. The van der Waals surface area contributed by atoms with Crippen molar-refractivity contribution in [2.75, 3.05) is 18.9 Å². The van der Waals surface area contributed by atoms with Crippen LogP contribution in [0.3, 0.4) is 0 Å². The Morgan fingerprint density at radius 1 is 1.15 bits per heavy atom. The van der Waals surface area contributed by atoms with Crippen LogP contribution in [-0.2, 0) is 4.57 Å². The fraction of sp³-hybridized carbons (Fsp3) is 0.143. The molecule has 0 spiro atoms. The van der Waals surface area contributed by atoms with E-state index in [2.05, 4.69) is 5.09 Å². The van der Waals surface area contributed by atoms with E-state index in [4.69, 9.17) is 9.26 Å². The molecule has 0 fully saturated rings. The van der Waals surface area contributed by atoms with Gasteiger partial charge in [-0.1, -0.05) is 18.2 Å². The van der Waals surface area contributed by atoms with E-state index in [-0.39, 0.29) is 5.75 Å². The van der Waals surface area contributed by atoms with E-state index >= 15 is 0 Å². The lowest BCUT2D eigenvalue weighted by atomic mass is 10.3. The van der Waals surface area contributed by atoms with Crippen LogP contribution >= 0.6 is 7.52 Å². The standard InChI is InChI=1S/C14H15FNO3P/c1-18-12-7-5-6-11(10-12)16-20(2,17)19-14-9-4-3-8-13(14)15/h3-10H,1-2H3,(H,16,17). The van der Waals surface area contributed by atoms with E-state index in [0.717, 1.165) is 0 Å². The van der Waals surface area contributed by atoms with Crippen molar-refractivity contribution in [3.8, 4) is 11.5 Å². The molecule has 0 amide bonds. The molecule has 0 aliphatic rings. The minimum absolute atomic E-state index is 0.0475. The summed E-state index contributed by atoms with van der Waals surface area (Å²) in [7, 11) is -1.70. The highest BCUT2D eigenvalue weighted by Crippen LogP contribution is 2.44. The van der Waals surface area contributed by atoms with Crippen LogP contribution in [0.25, 0.3) is 0 Å². The molecule has 0 saturated heterocycles. The summed E-state index contributed by atoms with van der Waals surface area (Å²) in [4.78, 5) is 0. The van der Waals surface area contributed by atoms with Crippen molar-refractivity contribution in [1.29, 1.82) is 0 Å². The molecule has 1 N–H and O–H groups in total. The van der Waals surface area contributed by atoms with Crippen LogP contribution in [0.15, 0.2) is 48.5 Å². The van der Waals surface area contributed by atoms with Crippen LogP contribution in [0.5, 0.6) is 11.5 Å². The largest absolute Gasteiger partial charge is 0.497 e. The van der Waals surface area contributed by atoms with Gasteiger partial charge in [-0.15, -0.1) is 0 Å². The molecule has 0 aliphatic heterocycles. The minimum atomic E-state index is -3.24. The summed E-state index contributed by atoms with van der Waals surface area (Å²) in [6.07, 6.45) is 0. The Morgan fingerprint density at radius 3 is 2.60 bits per heavy atom. The number of para-hydroxylation sites is 1. The van der Waals surface area contributed by atoms with Gasteiger partial charge in [0, 0.05) is 18.4 Å². The summed E-state index contributed by atoms with van der Waals surface area (Å²) in [5, 5.41) is 2.76. The van der Waals surface area contributed by atoms with E-state index in [1.54, 1.807) is 37.4 Å². The number of rotatable bonds is 5. The molecular weight excluding hydrogens is 280 g/mol. The van der Waals surface area contributed by atoms with Crippen molar-refractivity contribution in [3.05, 3.63) is 54.3 Å². The molecule has 0 saturated carbocycles. The molecule has 2 aromatic carbocycles. The van der Waals surface area contributed by atoms with Gasteiger partial charge in [0.05, 0.1) is 7.11 Å². The molecule has 0 bridgehead atoms. The van der Waals surface area contributed by atoms with Crippen LogP contribution in [-0.4, -0.2) is 13.8 Å². The van der Waals surface area contributed by atoms with E-state index in [1.807, 2.05) is 0 Å². The zero-order chi connectivity index (χ0) is 14.6. The van der Waals surface area contributed by atoms with Gasteiger partial charge in [-0.25, -0.2) is 4.39 Å². The maximum Gasteiger partial charge on any atom is 0.338 e. The van der Waals surface area contributed by atoms with Crippen LogP contribution in [0.1, 0.15) is 0 Å². The Kier molecular flexibility index (Phi) is 4.30. The molecule has 106 valence electrons. The number of nitrogens with one attached hydrogen (secondary N) is 1. The number of methoxy groups -OCH3 is 1. The van der Waals surface area contributed by atoms with Gasteiger partial charge in [-0.05, 0) is 24.3 Å². The number of anilines is 1. The first kappa shape index (κ1) is 14.4. The highest BCUT2D eigenvalue weighted by molar-refractivity contribution is 7.60. The summed E-state index contributed by atoms with van der Waals surface area (Å²) in [6.45, 7) is 1.39. The van der Waals surface area contributed by atoms with Crippen LogP contribution < -0.4 is 14.3 Å². The Balaban J connectivity index is 2.15. The van der Waals surface area contributed by atoms with E-state index in [0.29, 0.717) is 11.4 Å². The van der Waals surface area contributed by atoms with Crippen molar-refractivity contribution in [2.45, 2.75) is 0 Å². The third-order valence-electron chi connectivity index (χ3n) is 2.51. The summed E-state index contributed by atoms with van der Waals surface area (Å²) in [6, 6.07) is 12.8. The molecule has 1 unspecified atom stereocenters. The van der Waals surface area contributed by atoms with Crippen molar-refractivity contribution in [1.82, 2.24) is 0 Å². The topological polar surface area (TPSA) is 47.6 Å². The number of hydrogen-bond acceptors (Lipinski definition) is 3. The zero-order valence-corrected chi connectivity index (χ0v) is 12.1. The molecule has 0 aromatic heterocycles. The Bertz CT molecular complexity index is 648. The van der Waals surface area contributed by atoms with Gasteiger partial charge < -0.3 is 14.3 Å². The maximum absolute atomic E-state index is 13.5. The predicted octanol–water partition coefficient (Wildman–Crippen LogP) is 4.15. The number of ether oxygens (including phenoxy) is 1. The van der Waals surface area contributed by atoms with Gasteiger partial charge in [-0.3, -0.25) is 4.57 Å². The Hall–Kier alpha value is -2.00. The second kappa shape index (κ2) is 5.97. The average molecular weight is 295 g/mol. The van der Waals surface area contributed by atoms with Crippen molar-refractivity contribution in [2.24, 2.45) is 0 Å². The second-order valence-electron chi connectivity index (χ2n) is 4.21.